The summed E-state index contributed by atoms with van der Waals surface area (Å²) in [6.07, 6.45) is 0.401. The summed E-state index contributed by atoms with van der Waals surface area (Å²) in [7, 11) is 0. The molecule has 4 nitrogen and oxygen atoms in total. The minimum Gasteiger partial charge on any atom is -0.505 e. The fourth-order valence-electron chi connectivity index (χ4n) is 1.86. The van der Waals surface area contributed by atoms with Gasteiger partial charge in [0.05, 0.1) is 0 Å². The van der Waals surface area contributed by atoms with Gasteiger partial charge in [-0.3, -0.25) is 4.79 Å². The highest BCUT2D eigenvalue weighted by molar-refractivity contribution is 5.76. The molecule has 0 aliphatic heterocycles. The van der Waals surface area contributed by atoms with Crippen molar-refractivity contribution in [1.82, 2.24) is 10.2 Å². The molecule has 0 saturated heterocycles. The third kappa shape index (κ3) is 4.52. The molecule has 0 unspecified atom stereocenters. The summed E-state index contributed by atoms with van der Waals surface area (Å²) in [6.45, 7) is 6.15. The zero-order chi connectivity index (χ0) is 14.3. The highest BCUT2D eigenvalue weighted by Gasteiger charge is 2.09. The van der Waals surface area contributed by atoms with Gasteiger partial charge >= 0.3 is 0 Å². The lowest BCUT2D eigenvalue weighted by Crippen LogP contribution is -2.32. The van der Waals surface area contributed by atoms with Crippen LogP contribution in [0.3, 0.4) is 0 Å². The summed E-state index contributed by atoms with van der Waals surface area (Å²) >= 11 is 0. The molecule has 19 heavy (non-hydrogen) atoms. The molecular formula is C14H21FN2O2. The SMILES string of the molecule is CCN(CC)C(=O)CCNCc1cccc(F)c1O. The first-order valence-corrected chi connectivity index (χ1v) is 6.55. The number of phenols is 1. The Morgan fingerprint density at radius 1 is 1.37 bits per heavy atom. The molecular weight excluding hydrogens is 247 g/mol. The second-order valence-corrected chi connectivity index (χ2v) is 4.24. The number of para-hydroxylation sites is 1. The van der Waals surface area contributed by atoms with Crippen molar-refractivity contribution in [2.75, 3.05) is 19.6 Å². The van der Waals surface area contributed by atoms with Crippen LogP contribution in [0.25, 0.3) is 0 Å². The first-order valence-electron chi connectivity index (χ1n) is 6.55. The predicted octanol–water partition coefficient (Wildman–Crippen LogP) is 1.88. The van der Waals surface area contributed by atoms with Crippen molar-refractivity contribution in [3.05, 3.63) is 29.6 Å². The number of nitrogens with one attached hydrogen (secondary N) is 1. The predicted molar refractivity (Wildman–Crippen MR) is 72.3 cm³/mol. The molecule has 0 saturated carbocycles. The van der Waals surface area contributed by atoms with Gasteiger partial charge in [0, 0.05) is 38.2 Å². The van der Waals surface area contributed by atoms with Crippen LogP contribution in [0.5, 0.6) is 5.75 Å². The lowest BCUT2D eigenvalue weighted by Gasteiger charge is -2.18. The number of amides is 1. The highest BCUT2D eigenvalue weighted by Crippen LogP contribution is 2.20. The lowest BCUT2D eigenvalue weighted by molar-refractivity contribution is -0.130. The smallest absolute Gasteiger partial charge is 0.223 e. The van der Waals surface area contributed by atoms with E-state index in [4.69, 9.17) is 0 Å². The molecule has 2 N–H and O–H groups in total. The monoisotopic (exact) mass is 268 g/mol. The van der Waals surface area contributed by atoms with E-state index in [1.54, 1.807) is 17.0 Å². The quantitative estimate of drug-likeness (QED) is 0.742. The van der Waals surface area contributed by atoms with Crippen molar-refractivity contribution in [3.8, 4) is 5.75 Å². The third-order valence-corrected chi connectivity index (χ3v) is 3.02. The Morgan fingerprint density at radius 2 is 2.05 bits per heavy atom. The second-order valence-electron chi connectivity index (χ2n) is 4.24. The van der Waals surface area contributed by atoms with Crippen molar-refractivity contribution in [3.63, 3.8) is 0 Å². The molecule has 1 aromatic rings. The molecule has 0 radical (unpaired) electrons. The van der Waals surface area contributed by atoms with Crippen molar-refractivity contribution < 1.29 is 14.3 Å². The first kappa shape index (κ1) is 15.4. The molecule has 1 amide bonds. The van der Waals surface area contributed by atoms with Crippen LogP contribution < -0.4 is 5.32 Å². The fraction of sp³-hybridized carbons (Fsp3) is 0.500. The summed E-state index contributed by atoms with van der Waals surface area (Å²) in [4.78, 5) is 13.5. The maximum Gasteiger partial charge on any atom is 0.223 e. The minimum absolute atomic E-state index is 0.0981. The van der Waals surface area contributed by atoms with Gasteiger partial charge in [0.2, 0.25) is 5.91 Å². The zero-order valence-electron chi connectivity index (χ0n) is 11.4. The summed E-state index contributed by atoms with van der Waals surface area (Å²) < 4.78 is 13.1. The number of benzene rings is 1. The molecule has 0 aliphatic carbocycles. The Morgan fingerprint density at radius 3 is 2.68 bits per heavy atom. The van der Waals surface area contributed by atoms with Crippen molar-refractivity contribution in [2.24, 2.45) is 0 Å². The number of carbonyl (C=O) groups excluding carboxylic acids is 1. The highest BCUT2D eigenvalue weighted by atomic mass is 19.1. The third-order valence-electron chi connectivity index (χ3n) is 3.02. The topological polar surface area (TPSA) is 52.6 Å². The molecule has 0 spiro atoms. The Balaban J connectivity index is 2.35. The molecule has 0 aromatic heterocycles. The van der Waals surface area contributed by atoms with Crippen LogP contribution in [0.2, 0.25) is 0 Å². The second kappa shape index (κ2) is 7.74. The van der Waals surface area contributed by atoms with E-state index in [0.717, 1.165) is 0 Å². The molecule has 106 valence electrons. The van der Waals surface area contributed by atoms with Gasteiger partial charge in [-0.2, -0.15) is 0 Å². The van der Waals surface area contributed by atoms with Gasteiger partial charge < -0.3 is 15.3 Å². The maximum absolute atomic E-state index is 13.1. The fourth-order valence-corrected chi connectivity index (χ4v) is 1.86. The Hall–Kier alpha value is -1.62. The number of phenolic OH excluding ortho intramolecular Hbond substituents is 1. The lowest BCUT2D eigenvalue weighted by atomic mass is 10.2. The molecule has 0 heterocycles. The van der Waals surface area contributed by atoms with Gasteiger partial charge in [-0.1, -0.05) is 12.1 Å². The molecule has 0 bridgehead atoms. The number of nitrogens with zero attached hydrogens (tertiary/aromatic N) is 1. The van der Waals surface area contributed by atoms with Crippen LogP contribution in [0, 0.1) is 5.82 Å². The van der Waals surface area contributed by atoms with E-state index in [-0.39, 0.29) is 11.7 Å². The molecule has 1 rings (SSSR count). The molecule has 0 fully saturated rings. The number of halogens is 1. The van der Waals surface area contributed by atoms with Crippen molar-refractivity contribution >= 4 is 5.91 Å². The van der Waals surface area contributed by atoms with E-state index in [1.807, 2.05) is 13.8 Å². The van der Waals surface area contributed by atoms with Gasteiger partial charge in [0.25, 0.3) is 0 Å². The van der Waals surface area contributed by atoms with Crippen LogP contribution in [0.15, 0.2) is 18.2 Å². The Kier molecular flexibility index (Phi) is 6.29. The van der Waals surface area contributed by atoms with E-state index in [2.05, 4.69) is 5.32 Å². The van der Waals surface area contributed by atoms with Crippen LogP contribution in [-0.2, 0) is 11.3 Å². The van der Waals surface area contributed by atoms with E-state index in [1.165, 1.54) is 6.07 Å². The van der Waals surface area contributed by atoms with Gasteiger partial charge in [-0.15, -0.1) is 0 Å². The average Bonchev–Trinajstić information content (AvgIpc) is 2.40. The van der Waals surface area contributed by atoms with Crippen LogP contribution in [0.4, 0.5) is 4.39 Å². The van der Waals surface area contributed by atoms with Crippen LogP contribution in [-0.4, -0.2) is 35.5 Å². The van der Waals surface area contributed by atoms with E-state index >= 15 is 0 Å². The zero-order valence-corrected chi connectivity index (χ0v) is 11.4. The number of rotatable bonds is 7. The standard InChI is InChI=1S/C14H21FN2O2/c1-3-17(4-2)13(18)8-9-16-10-11-6-5-7-12(15)14(11)19/h5-7,16,19H,3-4,8-10H2,1-2H3. The number of hydrogen-bond acceptors (Lipinski definition) is 3. The molecule has 5 heteroatoms. The summed E-state index contributed by atoms with van der Waals surface area (Å²) in [5, 5.41) is 12.5. The molecule has 0 aliphatic rings. The largest absolute Gasteiger partial charge is 0.505 e. The number of hydrogen-bond donors (Lipinski definition) is 2. The summed E-state index contributed by atoms with van der Waals surface area (Å²) in [6, 6.07) is 4.41. The maximum atomic E-state index is 13.1. The Labute approximate surface area is 113 Å². The normalized spacial score (nSPS) is 10.5. The number of carbonyl (C=O) groups is 1. The van der Waals surface area contributed by atoms with E-state index < -0.39 is 5.82 Å². The Bertz CT molecular complexity index is 420. The molecule has 0 atom stereocenters. The van der Waals surface area contributed by atoms with E-state index in [9.17, 15) is 14.3 Å². The first-order chi connectivity index (χ1) is 9.10. The number of aromatic hydroxyl groups is 1. The van der Waals surface area contributed by atoms with Gasteiger partial charge in [0.15, 0.2) is 11.6 Å². The van der Waals surface area contributed by atoms with E-state index in [0.29, 0.717) is 38.2 Å². The van der Waals surface area contributed by atoms with Gasteiger partial charge in [-0.05, 0) is 19.9 Å². The van der Waals surface area contributed by atoms with Gasteiger partial charge in [-0.25, -0.2) is 4.39 Å². The van der Waals surface area contributed by atoms with Gasteiger partial charge in [0.1, 0.15) is 0 Å². The summed E-state index contributed by atoms with van der Waals surface area (Å²) in [5.41, 5.74) is 0.496. The van der Waals surface area contributed by atoms with Crippen molar-refractivity contribution in [2.45, 2.75) is 26.8 Å². The average molecular weight is 268 g/mol. The van der Waals surface area contributed by atoms with Crippen LogP contribution >= 0.6 is 0 Å². The summed E-state index contributed by atoms with van der Waals surface area (Å²) in [5.74, 6) is -0.857. The van der Waals surface area contributed by atoms with Crippen molar-refractivity contribution in [1.29, 1.82) is 0 Å². The van der Waals surface area contributed by atoms with Crippen LogP contribution in [0.1, 0.15) is 25.8 Å². The minimum atomic E-state index is -0.626. The molecule has 1 aromatic carbocycles.